The van der Waals surface area contributed by atoms with Gasteiger partial charge in [-0.25, -0.2) is 16.0 Å². The fourth-order valence-corrected chi connectivity index (χ4v) is 17.7. The third-order valence-electron chi connectivity index (χ3n) is 20.2. The van der Waals surface area contributed by atoms with E-state index in [1.165, 1.54) is 51.4 Å². The van der Waals surface area contributed by atoms with E-state index in [9.17, 15) is 9.59 Å². The fourth-order valence-electron chi connectivity index (χ4n) is 15.9. The van der Waals surface area contributed by atoms with Gasteiger partial charge in [0.1, 0.15) is 29.8 Å². The largest absolute Gasteiger partial charge is 0.497 e. The van der Waals surface area contributed by atoms with Gasteiger partial charge in [-0.05, 0) is 173 Å². The number of rotatable bonds is 28. The molecule has 0 spiro atoms. The number of amides is 2. The van der Waals surface area contributed by atoms with E-state index in [4.69, 9.17) is 34.6 Å². The molecule has 0 aromatic heterocycles. The summed E-state index contributed by atoms with van der Waals surface area (Å²) in [6, 6.07) is 26.5. The third kappa shape index (κ3) is 14.6. The number of unbranched alkanes of at least 4 members (excludes halogenated alkanes) is 2. The Morgan fingerprint density at radius 2 is 1.46 bits per heavy atom. The van der Waals surface area contributed by atoms with Crippen molar-refractivity contribution >= 4 is 20.5 Å². The second kappa shape index (κ2) is 29.1. The first-order valence-electron chi connectivity index (χ1n) is 31.6. The lowest BCUT2D eigenvalue weighted by atomic mass is 9.47. The number of hydrogen-bond acceptors (Lipinski definition) is 9. The average molecular weight is 1150 g/mol. The zero-order valence-electron chi connectivity index (χ0n) is 51.8. The van der Waals surface area contributed by atoms with E-state index in [-0.39, 0.29) is 61.3 Å². The van der Waals surface area contributed by atoms with Crippen molar-refractivity contribution in [3.63, 3.8) is 0 Å². The number of carbonyl (C=O) groups excluding carboxylic acids is 2. The van der Waals surface area contributed by atoms with E-state index in [2.05, 4.69) is 120 Å². The summed E-state index contributed by atoms with van der Waals surface area (Å²) in [5, 5.41) is 3.06. The Morgan fingerprint density at radius 3 is 2.10 bits per heavy atom. The quantitative estimate of drug-likeness (QED) is 0.0250. The number of allylic oxidation sites excluding steroid dienone is 1. The number of nitrogens with one attached hydrogen (secondary N) is 1. The van der Waals surface area contributed by atoms with Crippen LogP contribution in [-0.4, -0.2) is 99.5 Å². The van der Waals surface area contributed by atoms with Gasteiger partial charge in [-0.1, -0.05) is 127 Å². The minimum absolute atomic E-state index is 0.0652. The molecule has 4 aliphatic carbocycles. The molecule has 82 heavy (non-hydrogen) atoms. The molecule has 1 heterocycles. The number of methoxy groups -OCH3 is 2. The number of nitrogens with zero attached hydrogens (tertiary/aromatic N) is 3. The number of likely N-dealkylation sites (tertiary alicyclic amines) is 1. The molecule has 0 bridgehead atoms. The van der Waals surface area contributed by atoms with Gasteiger partial charge in [0.15, 0.2) is 0 Å². The third-order valence-corrected chi connectivity index (χ3v) is 22.3. The molecule has 12 nitrogen and oxygen atoms in total. The summed E-state index contributed by atoms with van der Waals surface area (Å²) >= 11 is 0. The van der Waals surface area contributed by atoms with Crippen molar-refractivity contribution in [2.24, 2.45) is 52.3 Å². The van der Waals surface area contributed by atoms with Crippen LogP contribution in [0.15, 0.2) is 90.5 Å². The van der Waals surface area contributed by atoms with Crippen molar-refractivity contribution < 1.29 is 37.6 Å². The van der Waals surface area contributed by atoms with Gasteiger partial charge in [-0.15, -0.1) is 0 Å². The lowest BCUT2D eigenvalue weighted by molar-refractivity contribution is -0.130. The van der Waals surface area contributed by atoms with Crippen molar-refractivity contribution in [3.8, 4) is 11.5 Å². The molecular weight excluding hydrogens is 1040 g/mol. The zero-order chi connectivity index (χ0) is 58.6. The number of alkyl carbamates (subject to hydrolysis) is 1. The van der Waals surface area contributed by atoms with Crippen LogP contribution in [0.2, 0.25) is 0 Å². The molecule has 11 atom stereocenters. The van der Waals surface area contributed by atoms with Crippen LogP contribution >= 0.6 is 8.53 Å². The van der Waals surface area contributed by atoms with Gasteiger partial charge >= 0.3 is 6.09 Å². The lowest BCUT2D eigenvalue weighted by Crippen LogP contribution is -2.51. The molecule has 3 aromatic rings. The maximum Gasteiger partial charge on any atom is 0.407 e. The first-order chi connectivity index (χ1) is 39.4. The maximum atomic E-state index is 14.3. The van der Waals surface area contributed by atoms with Gasteiger partial charge in [-0.2, -0.15) is 0 Å². The Bertz CT molecular complexity index is 2520. The van der Waals surface area contributed by atoms with Gasteiger partial charge in [0.2, 0.25) is 12.5 Å². The molecule has 4 fully saturated rings. The minimum Gasteiger partial charge on any atom is -0.497 e. The molecule has 1 N–H and O–H groups in total. The van der Waals surface area contributed by atoms with Crippen LogP contribution in [0.4, 0.5) is 4.79 Å². The van der Waals surface area contributed by atoms with Crippen LogP contribution in [-0.2, 0) is 28.9 Å². The van der Waals surface area contributed by atoms with Crippen LogP contribution in [0.5, 0.6) is 11.5 Å². The van der Waals surface area contributed by atoms with Crippen molar-refractivity contribution in [2.45, 2.75) is 189 Å². The Labute approximate surface area is 495 Å². The first-order valence-corrected chi connectivity index (χ1v) is 32.7. The molecule has 13 heteroatoms. The molecule has 0 radical (unpaired) electrons. The van der Waals surface area contributed by atoms with Gasteiger partial charge in [0.25, 0.3) is 8.53 Å². The number of hydrogen-bond donors (Lipinski definition) is 1. The molecule has 5 aliphatic rings. The molecule has 2 amide bonds. The molecular formula is C69H101N4O8P. The van der Waals surface area contributed by atoms with Crippen molar-refractivity contribution in [1.29, 1.82) is 0 Å². The normalized spacial score (nSPS) is 26.9. The summed E-state index contributed by atoms with van der Waals surface area (Å²) in [6.07, 6.45) is 18.1. The van der Waals surface area contributed by atoms with Crippen LogP contribution in [0.1, 0.15) is 175 Å². The number of benzene rings is 3. The smallest absolute Gasteiger partial charge is 0.407 e. The maximum absolute atomic E-state index is 14.3. The summed E-state index contributed by atoms with van der Waals surface area (Å²) < 4.78 is 40.6. The van der Waals surface area contributed by atoms with Gasteiger partial charge in [0, 0.05) is 50.5 Å². The number of ether oxygens (including phenoxy) is 4. The molecule has 1 saturated heterocycles. The molecule has 8 unspecified atom stereocenters. The summed E-state index contributed by atoms with van der Waals surface area (Å²) in [4.78, 5) is 33.1. The monoisotopic (exact) mass is 1140 g/mol. The van der Waals surface area contributed by atoms with Gasteiger partial charge < -0.3 is 43.1 Å². The summed E-state index contributed by atoms with van der Waals surface area (Å²) in [6.45, 7) is 30.6. The van der Waals surface area contributed by atoms with E-state index in [0.29, 0.717) is 37.9 Å². The van der Waals surface area contributed by atoms with Gasteiger partial charge in [-0.3, -0.25) is 4.79 Å². The highest BCUT2D eigenvalue weighted by atomic mass is 31.2. The SMILES string of the molecule is [C-]#[N+]CCOP(OC1CN(C(=O)CCCCCNC(=O)OC2CC[C@@]3(C)C(=CCC4C3CC[C@@]3(C)C4CC[C@@H]3C(C)CCCC(C)C)C2)CC1COC(c1ccccc1)(c1ccc(OC)cc1)c1ccc(OC)cc1)N(C(C)C)C(C)C. The minimum atomic E-state index is -1.60. The van der Waals surface area contributed by atoms with Crippen LogP contribution in [0.3, 0.4) is 0 Å². The molecule has 3 saturated carbocycles. The predicted octanol–water partition coefficient (Wildman–Crippen LogP) is 15.8. The van der Waals surface area contributed by atoms with Crippen LogP contribution in [0, 0.1) is 58.8 Å². The van der Waals surface area contributed by atoms with E-state index in [1.54, 1.807) is 19.8 Å². The molecule has 8 rings (SSSR count). The van der Waals surface area contributed by atoms with Crippen molar-refractivity contribution in [3.05, 3.63) is 119 Å². The zero-order valence-corrected chi connectivity index (χ0v) is 52.7. The Balaban J connectivity index is 0.873. The molecule has 450 valence electrons. The topological polar surface area (TPSA) is 112 Å². The predicted molar refractivity (Wildman–Crippen MR) is 329 cm³/mol. The highest BCUT2D eigenvalue weighted by Crippen LogP contribution is 2.67. The average Bonchev–Trinajstić information content (AvgIpc) is 4.18. The second-order valence-corrected chi connectivity index (χ2v) is 27.7. The van der Waals surface area contributed by atoms with E-state index in [1.807, 2.05) is 47.4 Å². The number of carbonyl (C=O) groups is 2. The highest BCUT2D eigenvalue weighted by molar-refractivity contribution is 7.44. The lowest BCUT2D eigenvalue weighted by Gasteiger charge is -2.58. The van der Waals surface area contributed by atoms with Crippen LogP contribution in [0.25, 0.3) is 4.85 Å². The van der Waals surface area contributed by atoms with Crippen LogP contribution < -0.4 is 14.8 Å². The summed E-state index contributed by atoms with van der Waals surface area (Å²) in [5.41, 5.74) is 3.96. The number of fused-ring (bicyclic) bond motifs is 5. The first kappa shape index (κ1) is 63.5. The van der Waals surface area contributed by atoms with Gasteiger partial charge in [0.05, 0.1) is 26.9 Å². The highest BCUT2D eigenvalue weighted by Gasteiger charge is 2.59. The second-order valence-electron chi connectivity index (χ2n) is 26.3. The van der Waals surface area contributed by atoms with E-state index < -0.39 is 20.2 Å². The molecule has 1 aliphatic heterocycles. The summed E-state index contributed by atoms with van der Waals surface area (Å²) in [5.74, 6) is 6.14. The van der Waals surface area contributed by atoms with E-state index >= 15 is 0 Å². The standard InChI is InChI=1S/C69H101N4O8P/c1-48(2)20-19-21-51(7)61-35-36-62-60-34-29-56-44-59(37-39-67(56,8)63(60)38-40-68(61,62)9)80-66(75)71-41-18-14-17-24-65(74)72-45-52(64(46-72)81-82(79-43-42-70-10)73(49(3)4)50(5)6)47-78-69(53-22-15-13-16-23-53,54-25-30-57(76-11)31-26-54)55-27-32-58(77-12)33-28-55/h13,15-16,22-23,25-33,48-52,59-64H,14,17-21,24,34-47H2,1-9,11-12H3,(H,71,75)/t51?,52?,59?,60?,61-,62?,63?,64?,67+,68-,82?/m1/s1. The van der Waals surface area contributed by atoms with Crippen molar-refractivity contribution in [1.82, 2.24) is 14.9 Å². The van der Waals surface area contributed by atoms with Crippen molar-refractivity contribution in [2.75, 3.05) is 53.6 Å². The Hall–Kier alpha value is -4.50. The Morgan fingerprint density at radius 1 is 0.793 bits per heavy atom. The molecule has 3 aromatic carbocycles. The summed E-state index contributed by atoms with van der Waals surface area (Å²) in [7, 11) is 1.73. The van der Waals surface area contributed by atoms with E-state index in [0.717, 1.165) is 95.8 Å². The Kier molecular flexibility index (Phi) is 22.5. The fraction of sp³-hybridized carbons (Fsp3) is 0.667.